The SMILES string of the molecule is CC.CC(C)CCC(=O)Nc1ccc(COC(=O)N(C)C(C)C(C)C)cc1.CCCC.CCCNC(N)=O.NC(=O)CCCCCN1C(=O)CC(S)C1=O.NC=O.NC=O. The molecule has 1 aromatic carbocycles. The van der Waals surface area contributed by atoms with Crippen LogP contribution in [0.4, 0.5) is 15.3 Å². The zero-order valence-corrected chi connectivity index (χ0v) is 39.2. The van der Waals surface area contributed by atoms with Crippen LogP contribution in [-0.4, -0.2) is 89.8 Å². The van der Waals surface area contributed by atoms with E-state index in [1.807, 2.05) is 52.0 Å². The van der Waals surface area contributed by atoms with Crippen LogP contribution >= 0.6 is 12.6 Å². The van der Waals surface area contributed by atoms with E-state index in [1.165, 1.54) is 17.7 Å². The number of nitrogens with one attached hydrogen (secondary N) is 2. The largest absolute Gasteiger partial charge is 0.445 e. The molecule has 17 nitrogen and oxygen atoms in total. The zero-order valence-electron chi connectivity index (χ0n) is 38.3. The predicted molar refractivity (Wildman–Crippen MR) is 243 cm³/mol. The molecule has 2 unspecified atom stereocenters. The molecule has 10 N–H and O–H groups in total. The Morgan fingerprint density at radius 3 is 1.77 bits per heavy atom. The minimum atomic E-state index is -0.474. The summed E-state index contributed by atoms with van der Waals surface area (Å²) >= 11 is 4.02. The van der Waals surface area contributed by atoms with Crippen molar-refractivity contribution >= 4 is 66.9 Å². The summed E-state index contributed by atoms with van der Waals surface area (Å²) in [6.07, 6.45) is 7.91. The molecule has 348 valence electrons. The number of benzene rings is 1. The van der Waals surface area contributed by atoms with Crippen LogP contribution in [0.15, 0.2) is 24.3 Å². The quantitative estimate of drug-likeness (QED) is 0.0426. The lowest BCUT2D eigenvalue weighted by Crippen LogP contribution is -2.38. The molecule has 60 heavy (non-hydrogen) atoms. The number of nitrogens with two attached hydrogens (primary N) is 4. The van der Waals surface area contributed by atoms with Crippen LogP contribution < -0.4 is 33.6 Å². The molecule has 0 aromatic heterocycles. The molecule has 9 amide bonds. The fraction of sp³-hybridized carbons (Fsp3) is 0.667. The summed E-state index contributed by atoms with van der Waals surface area (Å²) in [5.74, 6) is 0.236. The lowest BCUT2D eigenvalue weighted by molar-refractivity contribution is -0.138. The number of likely N-dealkylation sites (tertiary alicyclic amines) is 1. The summed E-state index contributed by atoms with van der Waals surface area (Å²) in [4.78, 5) is 87.0. The van der Waals surface area contributed by atoms with Crippen molar-refractivity contribution in [1.82, 2.24) is 15.1 Å². The van der Waals surface area contributed by atoms with Crippen molar-refractivity contribution < 1.29 is 43.1 Å². The average Bonchev–Trinajstić information content (AvgIpc) is 3.45. The predicted octanol–water partition coefficient (Wildman–Crippen LogP) is 5.86. The molecule has 1 aliphatic heterocycles. The van der Waals surface area contributed by atoms with Crippen molar-refractivity contribution in [2.45, 2.75) is 151 Å². The molecule has 0 radical (unpaired) electrons. The maximum absolute atomic E-state index is 12.0. The number of imide groups is 1. The summed E-state index contributed by atoms with van der Waals surface area (Å²) < 4.78 is 5.35. The van der Waals surface area contributed by atoms with Crippen molar-refractivity contribution in [3.05, 3.63) is 29.8 Å². The van der Waals surface area contributed by atoms with Crippen molar-refractivity contribution in [2.75, 3.05) is 25.5 Å². The highest BCUT2D eigenvalue weighted by atomic mass is 32.1. The number of amides is 9. The van der Waals surface area contributed by atoms with Crippen LogP contribution in [0, 0.1) is 11.8 Å². The van der Waals surface area contributed by atoms with Crippen LogP contribution in [0.5, 0.6) is 0 Å². The van der Waals surface area contributed by atoms with Gasteiger partial charge in [0.05, 0.1) is 5.25 Å². The number of thiol groups is 1. The molecule has 0 spiro atoms. The van der Waals surface area contributed by atoms with Crippen LogP contribution in [0.1, 0.15) is 139 Å². The van der Waals surface area contributed by atoms with Gasteiger partial charge in [-0.25, -0.2) is 9.59 Å². The van der Waals surface area contributed by atoms with Crippen molar-refractivity contribution in [1.29, 1.82) is 0 Å². The first kappa shape index (κ1) is 64.3. The van der Waals surface area contributed by atoms with Gasteiger partial charge in [-0.05, 0) is 62.1 Å². The molecule has 2 atom stereocenters. The minimum Gasteiger partial charge on any atom is -0.445 e. The molecule has 1 fully saturated rings. The van der Waals surface area contributed by atoms with Gasteiger partial charge >= 0.3 is 12.1 Å². The Balaban J connectivity index is -0.000000244. The lowest BCUT2D eigenvalue weighted by atomic mass is 10.1. The molecule has 0 saturated carbocycles. The minimum absolute atomic E-state index is 0.0252. The number of anilines is 1. The number of urea groups is 1. The summed E-state index contributed by atoms with van der Waals surface area (Å²) in [6.45, 7) is 22.0. The fourth-order valence-corrected chi connectivity index (χ4v) is 4.38. The van der Waals surface area contributed by atoms with Gasteiger partial charge in [0.2, 0.25) is 36.4 Å². The van der Waals surface area contributed by atoms with E-state index in [4.69, 9.17) is 25.8 Å². The Labute approximate surface area is 365 Å². The third-order valence-electron chi connectivity index (χ3n) is 7.99. The zero-order chi connectivity index (χ0) is 47.6. The van der Waals surface area contributed by atoms with Gasteiger partial charge in [0, 0.05) is 51.1 Å². The summed E-state index contributed by atoms with van der Waals surface area (Å²) in [5, 5.41) is 4.84. The number of nitrogens with zero attached hydrogens (tertiary/aromatic N) is 2. The number of rotatable bonds is 17. The Kier molecular flexibility index (Phi) is 46.8. The third kappa shape index (κ3) is 39.9. The molecule has 18 heteroatoms. The summed E-state index contributed by atoms with van der Waals surface area (Å²) in [5.41, 5.74) is 19.7. The van der Waals surface area contributed by atoms with Crippen LogP contribution in [-0.2, 0) is 40.1 Å². The van der Waals surface area contributed by atoms with Crippen molar-refractivity contribution in [3.63, 3.8) is 0 Å². The molecule has 0 aliphatic carbocycles. The van der Waals surface area contributed by atoms with Gasteiger partial charge < -0.3 is 43.2 Å². The Hall–Kier alpha value is -4.87. The fourth-order valence-electron chi connectivity index (χ4n) is 4.08. The molecule has 1 saturated heterocycles. The van der Waals surface area contributed by atoms with E-state index in [-0.39, 0.29) is 61.6 Å². The number of unbranched alkanes of at least 4 members (excludes halogenated alkanes) is 3. The maximum atomic E-state index is 12.0. The number of primary amides is 4. The van der Waals surface area contributed by atoms with Gasteiger partial charge in [0.15, 0.2) is 0 Å². The molecular weight excluding hydrogens is 793 g/mol. The van der Waals surface area contributed by atoms with Gasteiger partial charge in [-0.15, -0.1) is 0 Å². The van der Waals surface area contributed by atoms with Crippen molar-refractivity contribution in [2.24, 2.45) is 34.8 Å². The highest BCUT2D eigenvalue weighted by molar-refractivity contribution is 7.81. The first-order valence-corrected chi connectivity index (χ1v) is 21.2. The number of hydrogen-bond donors (Lipinski definition) is 7. The second kappa shape index (κ2) is 43.7. The molecule has 2 rings (SSSR count). The number of carbonyl (C=O) groups excluding carboxylic acids is 8. The van der Waals surface area contributed by atoms with E-state index in [1.54, 1.807) is 11.9 Å². The Morgan fingerprint density at radius 1 is 0.883 bits per heavy atom. The normalized spacial score (nSPS) is 12.5. The molecule has 1 aromatic rings. The van der Waals surface area contributed by atoms with E-state index in [2.05, 4.69) is 76.3 Å². The van der Waals surface area contributed by atoms with Gasteiger partial charge in [-0.1, -0.05) is 93.7 Å². The molecular formula is C42H80N8O9S. The van der Waals surface area contributed by atoms with E-state index in [0.717, 1.165) is 30.5 Å². The standard InChI is InChI=1S/C20H32N2O3.C10H16N2O3S.C4H10N2O.C4H10.C2H6.2CH3NO/c1-14(2)7-12-19(23)21-18-10-8-17(9-11-18)13-25-20(24)22(6)16(5)15(3)4;11-8(13)4-2-1-3-5-12-9(14)6-7(16)10(12)15;1-2-3-6-4(5)7;1-3-4-2;1-2;2*2-1-3/h8-11,14-16H,7,12-13H2,1-6H3,(H,21,23);7,16H,1-6H2,(H2,11,13);2-3H2,1H3,(H3,5,6,7);3-4H2,1-2H3;1-2H3;2*1H,(H2,2,3). The van der Waals surface area contributed by atoms with Crippen LogP contribution in [0.2, 0.25) is 0 Å². The monoisotopic (exact) mass is 873 g/mol. The van der Waals surface area contributed by atoms with Gasteiger partial charge in [-0.3, -0.25) is 33.7 Å². The first-order valence-electron chi connectivity index (χ1n) is 20.7. The maximum Gasteiger partial charge on any atom is 0.410 e. The molecule has 1 heterocycles. The number of carbonyl (C=O) groups is 8. The second-order valence-corrected chi connectivity index (χ2v) is 14.4. The smallest absolute Gasteiger partial charge is 0.410 e. The molecule has 1 aliphatic rings. The van der Waals surface area contributed by atoms with Gasteiger partial charge in [0.25, 0.3) is 0 Å². The number of hydrogen-bond acceptors (Lipinski definition) is 10. The second-order valence-electron chi connectivity index (χ2n) is 13.8. The van der Waals surface area contributed by atoms with Gasteiger partial charge in [-0.2, -0.15) is 12.6 Å². The van der Waals surface area contributed by atoms with E-state index in [0.29, 0.717) is 50.6 Å². The molecule has 0 bridgehead atoms. The summed E-state index contributed by atoms with van der Waals surface area (Å²) in [7, 11) is 1.75. The van der Waals surface area contributed by atoms with Crippen molar-refractivity contribution in [3.8, 4) is 0 Å². The Bertz CT molecular complexity index is 1290. The number of ether oxygens (including phenoxy) is 1. The van der Waals surface area contributed by atoms with Crippen LogP contribution in [0.3, 0.4) is 0 Å². The van der Waals surface area contributed by atoms with Crippen LogP contribution in [0.25, 0.3) is 0 Å². The first-order chi connectivity index (χ1) is 28.2. The summed E-state index contributed by atoms with van der Waals surface area (Å²) in [6, 6.07) is 7.06. The lowest BCUT2D eigenvalue weighted by Gasteiger charge is -2.27. The topological polar surface area (TPSA) is 280 Å². The highest BCUT2D eigenvalue weighted by Crippen LogP contribution is 2.18. The van der Waals surface area contributed by atoms with E-state index < -0.39 is 11.3 Å². The van der Waals surface area contributed by atoms with Gasteiger partial charge in [0.1, 0.15) is 6.61 Å². The van der Waals surface area contributed by atoms with E-state index >= 15 is 0 Å². The third-order valence-corrected chi connectivity index (χ3v) is 8.39. The van der Waals surface area contributed by atoms with E-state index in [9.17, 15) is 28.8 Å². The highest BCUT2D eigenvalue weighted by Gasteiger charge is 2.35. The Morgan fingerprint density at radius 2 is 1.40 bits per heavy atom. The average molecular weight is 873 g/mol.